The molecule has 5 rings (SSSR count). The number of fused-ring (bicyclic) bond motifs is 1. The van der Waals surface area contributed by atoms with E-state index in [1.54, 1.807) is 22.8 Å². The summed E-state index contributed by atoms with van der Waals surface area (Å²) < 4.78 is 12.9. The van der Waals surface area contributed by atoms with E-state index in [2.05, 4.69) is 15.6 Å². The van der Waals surface area contributed by atoms with Gasteiger partial charge in [0, 0.05) is 17.3 Å². The Kier molecular flexibility index (Phi) is 8.00. The first-order chi connectivity index (χ1) is 19.4. The van der Waals surface area contributed by atoms with Crippen LogP contribution in [-0.4, -0.2) is 47.1 Å². The summed E-state index contributed by atoms with van der Waals surface area (Å²) >= 11 is 0. The number of ether oxygens (including phenoxy) is 2. The third kappa shape index (κ3) is 5.50. The second-order valence-corrected chi connectivity index (χ2v) is 10.3. The molecule has 2 amide bonds. The summed E-state index contributed by atoms with van der Waals surface area (Å²) in [6.45, 7) is 3.85. The van der Waals surface area contributed by atoms with Crippen molar-refractivity contribution in [2.75, 3.05) is 19.1 Å². The van der Waals surface area contributed by atoms with Crippen molar-refractivity contribution < 1.29 is 19.1 Å². The first-order valence-electron chi connectivity index (χ1n) is 13.6. The van der Waals surface area contributed by atoms with E-state index in [4.69, 9.17) is 9.47 Å². The Morgan fingerprint density at radius 1 is 1.00 bits per heavy atom. The largest absolute Gasteiger partial charge is 0.493 e. The van der Waals surface area contributed by atoms with Crippen molar-refractivity contribution in [2.24, 2.45) is 0 Å². The molecule has 40 heavy (non-hydrogen) atoms. The lowest BCUT2D eigenvalue weighted by molar-refractivity contribution is -0.127. The van der Waals surface area contributed by atoms with Crippen LogP contribution in [0.25, 0.3) is 11.0 Å². The molecule has 9 heteroatoms. The van der Waals surface area contributed by atoms with Crippen molar-refractivity contribution in [3.05, 3.63) is 77.4 Å². The molecule has 0 unspecified atom stereocenters. The normalized spacial score (nSPS) is 14.2. The van der Waals surface area contributed by atoms with E-state index < -0.39 is 6.04 Å². The van der Waals surface area contributed by atoms with Gasteiger partial charge in [0.25, 0.3) is 0 Å². The van der Waals surface area contributed by atoms with Gasteiger partial charge in [0.1, 0.15) is 18.1 Å². The SMILES string of the molecule is COc1cccc([C@H](C(=O)NC2CCCC2)N(C(=O)Cn2nnc3ccccc32)c2cc(C)cc(C)c2)c1OC. The van der Waals surface area contributed by atoms with Crippen molar-refractivity contribution in [1.82, 2.24) is 20.3 Å². The Morgan fingerprint density at radius 2 is 1.73 bits per heavy atom. The van der Waals surface area contributed by atoms with Crippen LogP contribution in [0.1, 0.15) is 48.4 Å². The lowest BCUT2D eigenvalue weighted by Gasteiger charge is -2.33. The summed E-state index contributed by atoms with van der Waals surface area (Å²) in [7, 11) is 3.09. The number of aryl methyl sites for hydroxylation is 2. The lowest BCUT2D eigenvalue weighted by atomic mass is 9.99. The molecule has 1 aliphatic rings. The number of aromatic nitrogens is 3. The molecule has 0 saturated heterocycles. The molecule has 9 nitrogen and oxygen atoms in total. The zero-order chi connectivity index (χ0) is 28.2. The maximum Gasteiger partial charge on any atom is 0.249 e. The standard InChI is InChI=1S/C31H35N5O4/c1-20-16-21(2)18-23(17-20)36(28(37)19-35-26-14-8-7-13-25(26)33-34-35)29(31(38)32-22-10-5-6-11-22)24-12-9-15-27(39-3)30(24)40-4/h7-9,12-18,22,29H,5-6,10-11,19H2,1-4H3,(H,32,38)/t29-/m1/s1. The van der Waals surface area contributed by atoms with Gasteiger partial charge in [0.15, 0.2) is 11.5 Å². The van der Waals surface area contributed by atoms with Crippen LogP contribution in [0.5, 0.6) is 11.5 Å². The molecule has 1 fully saturated rings. The van der Waals surface area contributed by atoms with E-state index >= 15 is 0 Å². The topological polar surface area (TPSA) is 98.6 Å². The molecule has 4 aromatic rings. The number of amides is 2. The van der Waals surface area contributed by atoms with Gasteiger partial charge in [-0.15, -0.1) is 5.10 Å². The Labute approximate surface area is 234 Å². The van der Waals surface area contributed by atoms with Gasteiger partial charge in [-0.1, -0.05) is 48.4 Å². The van der Waals surface area contributed by atoms with Crippen LogP contribution < -0.4 is 19.7 Å². The van der Waals surface area contributed by atoms with Crippen molar-refractivity contribution in [3.63, 3.8) is 0 Å². The van der Waals surface area contributed by atoms with E-state index in [-0.39, 0.29) is 24.4 Å². The highest BCUT2D eigenvalue weighted by atomic mass is 16.5. The van der Waals surface area contributed by atoms with Gasteiger partial charge in [-0.05, 0) is 68.1 Å². The Morgan fingerprint density at radius 3 is 2.42 bits per heavy atom. The molecule has 3 aromatic carbocycles. The molecule has 0 spiro atoms. The van der Waals surface area contributed by atoms with Crippen LogP contribution in [0.2, 0.25) is 0 Å². The van der Waals surface area contributed by atoms with Crippen LogP contribution in [0.4, 0.5) is 5.69 Å². The van der Waals surface area contributed by atoms with E-state index in [9.17, 15) is 9.59 Å². The van der Waals surface area contributed by atoms with Crippen molar-refractivity contribution in [1.29, 1.82) is 0 Å². The van der Waals surface area contributed by atoms with Crippen LogP contribution in [0, 0.1) is 13.8 Å². The van der Waals surface area contributed by atoms with Gasteiger partial charge < -0.3 is 14.8 Å². The summed E-state index contributed by atoms with van der Waals surface area (Å²) in [5.41, 5.74) is 4.54. The molecular weight excluding hydrogens is 506 g/mol. The average Bonchev–Trinajstić information content (AvgIpc) is 3.60. The van der Waals surface area contributed by atoms with Crippen LogP contribution in [0.3, 0.4) is 0 Å². The van der Waals surface area contributed by atoms with Crippen molar-refractivity contribution >= 4 is 28.5 Å². The fourth-order valence-electron chi connectivity index (χ4n) is 5.64. The second-order valence-electron chi connectivity index (χ2n) is 10.3. The Balaban J connectivity index is 1.66. The summed E-state index contributed by atoms with van der Waals surface area (Å²) in [6.07, 6.45) is 3.96. The molecule has 1 aliphatic carbocycles. The summed E-state index contributed by atoms with van der Waals surface area (Å²) in [4.78, 5) is 30.2. The molecule has 1 saturated carbocycles. The molecule has 1 N–H and O–H groups in total. The fourth-order valence-corrected chi connectivity index (χ4v) is 5.64. The number of methoxy groups -OCH3 is 2. The minimum atomic E-state index is -1.02. The number of hydrogen-bond acceptors (Lipinski definition) is 6. The lowest BCUT2D eigenvalue weighted by Crippen LogP contribution is -2.47. The number of hydrogen-bond donors (Lipinski definition) is 1. The number of carbonyl (C=O) groups excluding carboxylic acids is 2. The molecule has 0 aliphatic heterocycles. The van der Waals surface area contributed by atoms with Crippen molar-refractivity contribution in [3.8, 4) is 11.5 Å². The van der Waals surface area contributed by atoms with E-state index in [1.165, 1.54) is 7.11 Å². The number of benzene rings is 3. The highest BCUT2D eigenvalue weighted by molar-refractivity contribution is 6.02. The molecule has 0 bridgehead atoms. The minimum absolute atomic E-state index is 0.0575. The molecular formula is C31H35N5O4. The number of nitrogens with zero attached hydrogens (tertiary/aromatic N) is 4. The zero-order valence-corrected chi connectivity index (χ0v) is 23.4. The molecule has 208 valence electrons. The Bertz CT molecular complexity index is 1510. The minimum Gasteiger partial charge on any atom is -0.493 e. The van der Waals surface area contributed by atoms with Crippen LogP contribution in [-0.2, 0) is 16.1 Å². The first-order valence-corrected chi connectivity index (χ1v) is 13.6. The van der Waals surface area contributed by atoms with Gasteiger partial charge in [-0.3, -0.25) is 14.5 Å². The second kappa shape index (κ2) is 11.8. The predicted molar refractivity (Wildman–Crippen MR) is 154 cm³/mol. The third-order valence-corrected chi connectivity index (χ3v) is 7.39. The van der Waals surface area contributed by atoms with Crippen molar-refractivity contribution in [2.45, 2.75) is 58.2 Å². The monoisotopic (exact) mass is 541 g/mol. The molecule has 1 atom stereocenters. The van der Waals surface area contributed by atoms with Gasteiger partial charge in [0.2, 0.25) is 11.8 Å². The van der Waals surface area contributed by atoms with E-state index in [1.807, 2.05) is 68.4 Å². The quantitative estimate of drug-likeness (QED) is 0.324. The molecule has 1 heterocycles. The number of rotatable bonds is 9. The van der Waals surface area contributed by atoms with Gasteiger partial charge >= 0.3 is 0 Å². The van der Waals surface area contributed by atoms with Crippen LogP contribution >= 0.6 is 0 Å². The fraction of sp³-hybridized carbons (Fsp3) is 0.355. The van der Waals surface area contributed by atoms with Crippen LogP contribution in [0.15, 0.2) is 60.7 Å². The van der Waals surface area contributed by atoms with Gasteiger partial charge in [-0.2, -0.15) is 0 Å². The molecule has 1 aromatic heterocycles. The third-order valence-electron chi connectivity index (χ3n) is 7.39. The molecule has 0 radical (unpaired) electrons. The highest BCUT2D eigenvalue weighted by Gasteiger charge is 2.37. The number of anilines is 1. The number of para-hydroxylation sites is 2. The Hall–Kier alpha value is -4.40. The summed E-state index contributed by atoms with van der Waals surface area (Å²) in [5.74, 6) is 0.310. The van der Waals surface area contributed by atoms with Gasteiger partial charge in [0.05, 0.1) is 19.7 Å². The highest BCUT2D eigenvalue weighted by Crippen LogP contribution is 2.40. The predicted octanol–water partition coefficient (Wildman–Crippen LogP) is 4.90. The smallest absolute Gasteiger partial charge is 0.249 e. The van der Waals surface area contributed by atoms with E-state index in [0.717, 1.165) is 42.3 Å². The number of nitrogens with one attached hydrogen (secondary N) is 1. The average molecular weight is 542 g/mol. The summed E-state index contributed by atoms with van der Waals surface area (Å²) in [6, 6.07) is 17.8. The number of carbonyl (C=O) groups is 2. The zero-order valence-electron chi connectivity index (χ0n) is 23.4. The first kappa shape index (κ1) is 27.2. The van der Waals surface area contributed by atoms with Gasteiger partial charge in [-0.25, -0.2) is 4.68 Å². The summed E-state index contributed by atoms with van der Waals surface area (Å²) in [5, 5.41) is 11.7. The van der Waals surface area contributed by atoms with E-state index in [0.29, 0.717) is 28.3 Å². The maximum atomic E-state index is 14.4. The maximum absolute atomic E-state index is 14.4.